The average molecular weight is 381 g/mol. The zero-order chi connectivity index (χ0) is 18.8. The van der Waals surface area contributed by atoms with Crippen LogP contribution in [0.5, 0.6) is 5.75 Å². The Balaban J connectivity index is 1.61. The summed E-state index contributed by atoms with van der Waals surface area (Å²) >= 11 is 0. The second-order valence-electron chi connectivity index (χ2n) is 7.54. The van der Waals surface area contributed by atoms with Crippen LogP contribution in [-0.4, -0.2) is 61.6 Å². The highest BCUT2D eigenvalue weighted by molar-refractivity contribution is 7.89. The number of hydrogen-bond donors (Lipinski definition) is 0. The Morgan fingerprint density at radius 2 is 1.88 bits per heavy atom. The third-order valence-corrected chi connectivity index (χ3v) is 7.24. The van der Waals surface area contributed by atoms with E-state index in [-0.39, 0.29) is 24.3 Å². The van der Waals surface area contributed by atoms with Crippen molar-refractivity contribution < 1.29 is 17.9 Å². The van der Waals surface area contributed by atoms with Crippen molar-refractivity contribution in [3.05, 3.63) is 30.3 Å². The Morgan fingerprint density at radius 1 is 1.15 bits per heavy atom. The lowest BCUT2D eigenvalue weighted by Gasteiger charge is -2.41. The molecule has 0 bridgehead atoms. The molecule has 0 N–H and O–H groups in total. The van der Waals surface area contributed by atoms with Crippen molar-refractivity contribution in [1.29, 1.82) is 0 Å². The zero-order valence-electron chi connectivity index (χ0n) is 15.6. The van der Waals surface area contributed by atoms with E-state index in [2.05, 4.69) is 0 Å². The summed E-state index contributed by atoms with van der Waals surface area (Å²) in [5.74, 6) is 0.715. The fourth-order valence-corrected chi connectivity index (χ4v) is 5.32. The summed E-state index contributed by atoms with van der Waals surface area (Å²) in [7, 11) is -3.43. The van der Waals surface area contributed by atoms with Crippen LogP contribution in [0.2, 0.25) is 0 Å². The quantitative estimate of drug-likeness (QED) is 0.758. The van der Waals surface area contributed by atoms with Gasteiger partial charge >= 0.3 is 0 Å². The van der Waals surface area contributed by atoms with Gasteiger partial charge in [0.1, 0.15) is 12.4 Å². The van der Waals surface area contributed by atoms with Gasteiger partial charge in [-0.1, -0.05) is 18.2 Å². The van der Waals surface area contributed by atoms with Crippen LogP contribution in [0.15, 0.2) is 30.3 Å². The van der Waals surface area contributed by atoms with Gasteiger partial charge in [-0.3, -0.25) is 4.79 Å². The molecular formula is C19H28N2O4S. The predicted octanol–water partition coefficient (Wildman–Crippen LogP) is 2.12. The van der Waals surface area contributed by atoms with E-state index >= 15 is 0 Å². The van der Waals surface area contributed by atoms with Gasteiger partial charge in [0.05, 0.1) is 11.2 Å². The van der Waals surface area contributed by atoms with E-state index in [0.717, 1.165) is 19.4 Å². The van der Waals surface area contributed by atoms with Crippen LogP contribution in [-0.2, 0) is 14.8 Å². The third kappa shape index (κ3) is 3.88. The molecule has 3 rings (SSSR count). The Hall–Kier alpha value is -1.60. The predicted molar refractivity (Wildman–Crippen MR) is 100 cm³/mol. The van der Waals surface area contributed by atoms with Crippen molar-refractivity contribution >= 4 is 15.9 Å². The molecule has 144 valence electrons. The molecule has 1 spiro atoms. The third-order valence-electron chi connectivity index (χ3n) is 5.46. The second-order valence-corrected chi connectivity index (χ2v) is 9.63. The molecule has 0 aliphatic carbocycles. The summed E-state index contributed by atoms with van der Waals surface area (Å²) in [5, 5.41) is 0. The molecular weight excluding hydrogens is 352 g/mol. The summed E-state index contributed by atoms with van der Waals surface area (Å²) in [6, 6.07) is 9.35. The van der Waals surface area contributed by atoms with Gasteiger partial charge in [-0.25, -0.2) is 12.7 Å². The van der Waals surface area contributed by atoms with Gasteiger partial charge < -0.3 is 9.64 Å². The van der Waals surface area contributed by atoms with Crippen LogP contribution in [0.4, 0.5) is 0 Å². The molecule has 1 amide bonds. The molecule has 0 radical (unpaired) electrons. The van der Waals surface area contributed by atoms with Crippen molar-refractivity contribution in [3.63, 3.8) is 0 Å². The molecule has 26 heavy (non-hydrogen) atoms. The maximum atomic E-state index is 12.9. The van der Waals surface area contributed by atoms with E-state index in [1.807, 2.05) is 36.9 Å². The molecule has 0 unspecified atom stereocenters. The molecule has 2 heterocycles. The molecule has 7 heteroatoms. The van der Waals surface area contributed by atoms with Gasteiger partial charge in [0.15, 0.2) is 0 Å². The van der Waals surface area contributed by atoms with Gasteiger partial charge in [0.2, 0.25) is 15.9 Å². The molecule has 6 nitrogen and oxygen atoms in total. The Bertz CT molecular complexity index is 735. The Morgan fingerprint density at radius 3 is 2.58 bits per heavy atom. The first-order chi connectivity index (χ1) is 12.3. The highest BCUT2D eigenvalue weighted by atomic mass is 32.2. The molecule has 0 saturated carbocycles. The largest absolute Gasteiger partial charge is 0.492 e. The number of sulfonamides is 1. The second kappa shape index (κ2) is 7.56. The van der Waals surface area contributed by atoms with E-state index < -0.39 is 15.4 Å². The molecule has 1 aromatic rings. The summed E-state index contributed by atoms with van der Waals surface area (Å²) < 4.78 is 32.4. The number of amides is 1. The maximum Gasteiger partial charge on any atom is 0.230 e. The number of likely N-dealkylation sites (tertiary alicyclic amines) is 1. The highest BCUT2D eigenvalue weighted by Gasteiger charge is 2.51. The van der Waals surface area contributed by atoms with Gasteiger partial charge in [0.25, 0.3) is 0 Å². The number of benzene rings is 1. The first-order valence-electron chi connectivity index (χ1n) is 9.31. The fourth-order valence-electron chi connectivity index (χ4n) is 3.95. The summed E-state index contributed by atoms with van der Waals surface area (Å²) in [6.45, 7) is 5.65. The van der Waals surface area contributed by atoms with E-state index in [1.165, 1.54) is 4.31 Å². The van der Waals surface area contributed by atoms with Crippen LogP contribution < -0.4 is 4.74 Å². The van der Waals surface area contributed by atoms with Crippen molar-refractivity contribution in [1.82, 2.24) is 9.21 Å². The van der Waals surface area contributed by atoms with E-state index in [1.54, 1.807) is 12.1 Å². The first kappa shape index (κ1) is 19.2. The molecule has 2 aliphatic heterocycles. The molecule has 1 aromatic carbocycles. The van der Waals surface area contributed by atoms with Crippen molar-refractivity contribution in [2.75, 3.05) is 32.0 Å². The standard InChI is InChI=1S/C19H28N2O4S/c1-16(2)21-11-6-9-19(18(21)22)10-12-20(15-19)26(23,24)14-13-25-17-7-4-3-5-8-17/h3-5,7-8,16H,6,9-15H2,1-2H3/t19-/m0/s1. The normalized spacial score (nSPS) is 24.6. The highest BCUT2D eigenvalue weighted by Crippen LogP contribution is 2.41. The van der Waals surface area contributed by atoms with Gasteiger partial charge in [-0.15, -0.1) is 0 Å². The minimum Gasteiger partial charge on any atom is -0.492 e. The summed E-state index contributed by atoms with van der Waals surface area (Å²) in [5.41, 5.74) is -0.532. The number of para-hydroxylation sites is 1. The van der Waals surface area contributed by atoms with Crippen LogP contribution in [0.1, 0.15) is 33.1 Å². The summed E-state index contributed by atoms with van der Waals surface area (Å²) in [6.07, 6.45) is 2.34. The molecule has 2 fully saturated rings. The van der Waals surface area contributed by atoms with E-state index in [0.29, 0.717) is 25.3 Å². The average Bonchev–Trinajstić information content (AvgIpc) is 3.04. The van der Waals surface area contributed by atoms with Gasteiger partial charge in [0, 0.05) is 25.7 Å². The number of hydrogen-bond acceptors (Lipinski definition) is 4. The van der Waals surface area contributed by atoms with Crippen molar-refractivity contribution in [2.24, 2.45) is 5.41 Å². The molecule has 2 saturated heterocycles. The number of rotatable bonds is 6. The molecule has 2 aliphatic rings. The minimum absolute atomic E-state index is 0.0694. The first-order valence-corrected chi connectivity index (χ1v) is 10.9. The minimum atomic E-state index is -3.43. The number of carbonyl (C=O) groups is 1. The fraction of sp³-hybridized carbons (Fsp3) is 0.632. The van der Waals surface area contributed by atoms with E-state index in [4.69, 9.17) is 4.74 Å². The lowest BCUT2D eigenvalue weighted by atomic mass is 9.78. The smallest absolute Gasteiger partial charge is 0.230 e. The topological polar surface area (TPSA) is 66.9 Å². The zero-order valence-corrected chi connectivity index (χ0v) is 16.4. The van der Waals surface area contributed by atoms with Gasteiger partial charge in [-0.2, -0.15) is 0 Å². The molecule has 0 aromatic heterocycles. The lowest BCUT2D eigenvalue weighted by Crippen LogP contribution is -2.52. The lowest BCUT2D eigenvalue weighted by molar-refractivity contribution is -0.147. The number of nitrogens with zero attached hydrogens (tertiary/aromatic N) is 2. The van der Waals surface area contributed by atoms with Crippen molar-refractivity contribution in [2.45, 2.75) is 39.2 Å². The van der Waals surface area contributed by atoms with E-state index in [9.17, 15) is 13.2 Å². The van der Waals surface area contributed by atoms with Crippen LogP contribution in [0.25, 0.3) is 0 Å². The number of ether oxygens (including phenoxy) is 1. The number of piperidine rings is 1. The molecule has 1 atom stereocenters. The Kier molecular flexibility index (Phi) is 5.58. The van der Waals surface area contributed by atoms with Crippen LogP contribution in [0, 0.1) is 5.41 Å². The van der Waals surface area contributed by atoms with Crippen LogP contribution >= 0.6 is 0 Å². The van der Waals surface area contributed by atoms with Crippen LogP contribution in [0.3, 0.4) is 0 Å². The number of carbonyl (C=O) groups excluding carboxylic acids is 1. The summed E-state index contributed by atoms with van der Waals surface area (Å²) in [4.78, 5) is 14.8. The SMILES string of the molecule is CC(C)N1CCC[C@@]2(CCN(S(=O)(=O)CCOc3ccccc3)C2)C1=O. The Labute approximate surface area is 156 Å². The van der Waals surface area contributed by atoms with Gasteiger partial charge in [-0.05, 0) is 45.2 Å². The van der Waals surface area contributed by atoms with Crippen molar-refractivity contribution in [3.8, 4) is 5.75 Å². The monoisotopic (exact) mass is 380 g/mol. The maximum absolute atomic E-state index is 12.9.